The Labute approximate surface area is 86.0 Å². The van der Waals surface area contributed by atoms with Crippen LogP contribution in [-0.4, -0.2) is 13.1 Å². The quantitative estimate of drug-likeness (QED) is 0.703. The minimum absolute atomic E-state index is 0.913. The van der Waals surface area contributed by atoms with Crippen molar-refractivity contribution in [3.8, 4) is 0 Å². The molecule has 1 rings (SSSR count). The second-order valence-corrected chi connectivity index (χ2v) is 3.26. The molecular weight excluding hydrogens is 174 g/mol. The third kappa shape index (κ3) is 3.79. The lowest BCUT2D eigenvalue weighted by atomic mass is 10.3. The van der Waals surface area contributed by atoms with E-state index in [4.69, 9.17) is 4.42 Å². The van der Waals surface area contributed by atoms with Crippen molar-refractivity contribution in [2.24, 2.45) is 0 Å². The first-order chi connectivity index (χ1) is 6.86. The molecule has 0 amide bonds. The molecule has 14 heavy (non-hydrogen) atoms. The van der Waals surface area contributed by atoms with Gasteiger partial charge in [-0.05, 0) is 31.2 Å². The zero-order chi connectivity index (χ0) is 10.2. The number of hydrogen-bond acceptors (Lipinski definition) is 2. The Morgan fingerprint density at radius 3 is 2.86 bits per heavy atom. The molecule has 0 bridgehead atoms. The van der Waals surface area contributed by atoms with Crippen LogP contribution in [0.25, 0.3) is 6.08 Å². The number of hydrogen-bond donors (Lipinski definition) is 1. The van der Waals surface area contributed by atoms with Crippen molar-refractivity contribution in [1.29, 1.82) is 0 Å². The summed E-state index contributed by atoms with van der Waals surface area (Å²) < 4.78 is 5.52. The molecule has 0 saturated carbocycles. The normalized spacial score (nSPS) is 11.3. The van der Waals surface area contributed by atoms with Gasteiger partial charge in [0, 0.05) is 13.0 Å². The molecule has 0 aliphatic carbocycles. The SMILES string of the molecule is CCCNCC=Cc1ccc(CC)o1. The van der Waals surface area contributed by atoms with Crippen molar-refractivity contribution in [1.82, 2.24) is 5.32 Å². The Hall–Kier alpha value is -1.02. The lowest BCUT2D eigenvalue weighted by Crippen LogP contribution is -2.13. The van der Waals surface area contributed by atoms with Gasteiger partial charge in [0.05, 0.1) is 0 Å². The second-order valence-electron chi connectivity index (χ2n) is 3.26. The summed E-state index contributed by atoms with van der Waals surface area (Å²) >= 11 is 0. The van der Waals surface area contributed by atoms with Gasteiger partial charge in [0.15, 0.2) is 0 Å². The van der Waals surface area contributed by atoms with Crippen LogP contribution in [0.3, 0.4) is 0 Å². The minimum Gasteiger partial charge on any atom is -0.462 e. The van der Waals surface area contributed by atoms with Gasteiger partial charge in [-0.3, -0.25) is 0 Å². The number of furan rings is 1. The van der Waals surface area contributed by atoms with Gasteiger partial charge in [-0.2, -0.15) is 0 Å². The van der Waals surface area contributed by atoms with Gasteiger partial charge in [0.1, 0.15) is 11.5 Å². The molecule has 1 N–H and O–H groups in total. The largest absolute Gasteiger partial charge is 0.462 e. The average molecular weight is 193 g/mol. The molecule has 0 spiro atoms. The summed E-state index contributed by atoms with van der Waals surface area (Å²) in [6.07, 6.45) is 6.24. The van der Waals surface area contributed by atoms with Gasteiger partial charge in [-0.1, -0.05) is 19.9 Å². The maximum atomic E-state index is 5.52. The van der Waals surface area contributed by atoms with Gasteiger partial charge in [0.25, 0.3) is 0 Å². The maximum absolute atomic E-state index is 5.52. The first-order valence-corrected chi connectivity index (χ1v) is 5.32. The highest BCUT2D eigenvalue weighted by molar-refractivity contribution is 5.43. The molecular formula is C12H19NO. The summed E-state index contributed by atoms with van der Waals surface area (Å²) in [5.74, 6) is 1.99. The number of rotatable bonds is 6. The molecule has 0 radical (unpaired) electrons. The maximum Gasteiger partial charge on any atom is 0.126 e. The van der Waals surface area contributed by atoms with E-state index >= 15 is 0 Å². The predicted octanol–water partition coefficient (Wildman–Crippen LogP) is 2.85. The van der Waals surface area contributed by atoms with E-state index in [1.807, 2.05) is 18.2 Å². The number of nitrogens with one attached hydrogen (secondary N) is 1. The second kappa shape index (κ2) is 6.44. The lowest BCUT2D eigenvalue weighted by molar-refractivity contribution is 0.507. The van der Waals surface area contributed by atoms with Crippen LogP contribution in [0, 0.1) is 0 Å². The van der Waals surface area contributed by atoms with E-state index in [1.54, 1.807) is 0 Å². The zero-order valence-electron chi connectivity index (χ0n) is 9.05. The fourth-order valence-electron chi connectivity index (χ4n) is 1.21. The molecule has 1 aromatic rings. The summed E-state index contributed by atoms with van der Waals surface area (Å²) in [6, 6.07) is 4.04. The summed E-state index contributed by atoms with van der Waals surface area (Å²) in [4.78, 5) is 0. The van der Waals surface area contributed by atoms with Gasteiger partial charge < -0.3 is 9.73 Å². The third-order valence-corrected chi connectivity index (χ3v) is 2.00. The van der Waals surface area contributed by atoms with E-state index in [0.717, 1.165) is 31.0 Å². The molecule has 0 fully saturated rings. The minimum atomic E-state index is 0.913. The topological polar surface area (TPSA) is 25.2 Å². The van der Waals surface area contributed by atoms with Crippen LogP contribution >= 0.6 is 0 Å². The highest BCUT2D eigenvalue weighted by Crippen LogP contribution is 2.09. The molecule has 0 aliphatic rings. The Morgan fingerprint density at radius 2 is 2.21 bits per heavy atom. The lowest BCUT2D eigenvalue weighted by Gasteiger charge is -1.95. The fraction of sp³-hybridized carbons (Fsp3) is 0.500. The third-order valence-electron chi connectivity index (χ3n) is 2.00. The molecule has 0 aromatic carbocycles. The Kier molecular flexibility index (Phi) is 5.08. The fourth-order valence-corrected chi connectivity index (χ4v) is 1.21. The molecule has 0 atom stereocenters. The van der Waals surface area contributed by atoms with E-state index in [-0.39, 0.29) is 0 Å². The summed E-state index contributed by atoms with van der Waals surface area (Å²) in [5.41, 5.74) is 0. The average Bonchev–Trinajstić information content (AvgIpc) is 2.65. The molecule has 2 nitrogen and oxygen atoms in total. The van der Waals surface area contributed by atoms with Crippen LogP contribution in [0.1, 0.15) is 31.8 Å². The van der Waals surface area contributed by atoms with Crippen LogP contribution in [0.15, 0.2) is 22.6 Å². The first kappa shape index (κ1) is 11.1. The summed E-state index contributed by atoms with van der Waals surface area (Å²) in [7, 11) is 0. The van der Waals surface area contributed by atoms with Gasteiger partial charge >= 0.3 is 0 Å². The van der Waals surface area contributed by atoms with E-state index < -0.39 is 0 Å². The predicted molar refractivity (Wildman–Crippen MR) is 60.3 cm³/mol. The Bertz CT molecular complexity index is 276. The van der Waals surface area contributed by atoms with E-state index in [0.29, 0.717) is 0 Å². The molecule has 2 heteroatoms. The molecule has 1 aromatic heterocycles. The summed E-state index contributed by atoms with van der Waals surface area (Å²) in [6.45, 7) is 6.24. The molecule has 1 heterocycles. The van der Waals surface area contributed by atoms with Gasteiger partial charge in [-0.25, -0.2) is 0 Å². The van der Waals surface area contributed by atoms with Gasteiger partial charge in [-0.15, -0.1) is 0 Å². The van der Waals surface area contributed by atoms with E-state index in [1.165, 1.54) is 6.42 Å². The molecule has 0 saturated heterocycles. The van der Waals surface area contributed by atoms with E-state index in [9.17, 15) is 0 Å². The van der Waals surface area contributed by atoms with Crippen molar-refractivity contribution >= 4 is 6.08 Å². The molecule has 0 aliphatic heterocycles. The van der Waals surface area contributed by atoms with Crippen LogP contribution < -0.4 is 5.32 Å². The van der Waals surface area contributed by atoms with Gasteiger partial charge in [0.2, 0.25) is 0 Å². The van der Waals surface area contributed by atoms with Crippen molar-refractivity contribution < 1.29 is 4.42 Å². The number of aryl methyl sites for hydroxylation is 1. The van der Waals surface area contributed by atoms with Crippen molar-refractivity contribution in [2.45, 2.75) is 26.7 Å². The Balaban J connectivity index is 2.28. The zero-order valence-corrected chi connectivity index (χ0v) is 9.05. The van der Waals surface area contributed by atoms with Crippen LogP contribution in [0.2, 0.25) is 0 Å². The van der Waals surface area contributed by atoms with Crippen LogP contribution in [-0.2, 0) is 6.42 Å². The Morgan fingerprint density at radius 1 is 1.36 bits per heavy atom. The van der Waals surface area contributed by atoms with Crippen molar-refractivity contribution in [2.75, 3.05) is 13.1 Å². The van der Waals surface area contributed by atoms with Crippen molar-refractivity contribution in [3.05, 3.63) is 29.7 Å². The van der Waals surface area contributed by atoms with Crippen LogP contribution in [0.5, 0.6) is 0 Å². The first-order valence-electron chi connectivity index (χ1n) is 5.32. The highest BCUT2D eigenvalue weighted by atomic mass is 16.3. The molecule has 0 unspecified atom stereocenters. The molecule has 78 valence electrons. The van der Waals surface area contributed by atoms with Crippen LogP contribution in [0.4, 0.5) is 0 Å². The standard InChI is InChI=1S/C12H19NO/c1-3-9-13-10-5-6-12-8-7-11(4-2)14-12/h5-8,13H,3-4,9-10H2,1-2H3. The van der Waals surface area contributed by atoms with Crippen molar-refractivity contribution in [3.63, 3.8) is 0 Å². The highest BCUT2D eigenvalue weighted by Gasteiger charge is 1.94. The monoisotopic (exact) mass is 193 g/mol. The smallest absolute Gasteiger partial charge is 0.126 e. The summed E-state index contributed by atoms with van der Waals surface area (Å²) in [5, 5.41) is 3.30. The van der Waals surface area contributed by atoms with E-state index in [2.05, 4.69) is 25.2 Å².